The van der Waals surface area contributed by atoms with Crippen LogP contribution in [0.25, 0.3) is 0 Å². The number of hydrogen-bond acceptors (Lipinski definition) is 7. The van der Waals surface area contributed by atoms with Gasteiger partial charge in [0, 0.05) is 19.4 Å². The van der Waals surface area contributed by atoms with Crippen LogP contribution in [0.2, 0.25) is 0 Å². The molecular formula is C15H17N7O. The third kappa shape index (κ3) is 3.43. The average molecular weight is 311 g/mol. The van der Waals surface area contributed by atoms with E-state index >= 15 is 0 Å². The van der Waals surface area contributed by atoms with Crippen molar-refractivity contribution >= 4 is 17.4 Å². The van der Waals surface area contributed by atoms with Crippen molar-refractivity contribution in [1.82, 2.24) is 30.5 Å². The molecule has 0 spiro atoms. The zero-order valence-electron chi connectivity index (χ0n) is 12.9. The van der Waals surface area contributed by atoms with Gasteiger partial charge in [-0.05, 0) is 25.1 Å². The molecule has 8 heteroatoms. The standard InChI is InChI=1S/C15H17N7O/c1-11-9-17-14(19-12-5-3-6-16-10-12)13(18-11)15(23)20-22-8-4-7-21(22)2/h3-7,9-10H,8H2,1-2H3,(H,17,19)(H,20,23). The Morgan fingerprint density at radius 2 is 2.22 bits per heavy atom. The lowest BCUT2D eigenvalue weighted by atomic mass is 10.3. The Kier molecular flexibility index (Phi) is 4.15. The molecule has 0 radical (unpaired) electrons. The van der Waals surface area contributed by atoms with E-state index in [9.17, 15) is 4.79 Å². The van der Waals surface area contributed by atoms with Crippen molar-refractivity contribution < 1.29 is 4.79 Å². The van der Waals surface area contributed by atoms with Gasteiger partial charge in [0.15, 0.2) is 11.5 Å². The number of hydrogen-bond donors (Lipinski definition) is 2. The van der Waals surface area contributed by atoms with E-state index < -0.39 is 0 Å². The van der Waals surface area contributed by atoms with Crippen molar-refractivity contribution in [3.8, 4) is 0 Å². The van der Waals surface area contributed by atoms with Crippen molar-refractivity contribution in [3.05, 3.63) is 54.4 Å². The molecule has 0 unspecified atom stereocenters. The molecule has 23 heavy (non-hydrogen) atoms. The maximum Gasteiger partial charge on any atom is 0.289 e. The molecule has 0 fully saturated rings. The first kappa shape index (κ1) is 14.9. The van der Waals surface area contributed by atoms with Crippen LogP contribution < -0.4 is 10.7 Å². The highest BCUT2D eigenvalue weighted by Crippen LogP contribution is 2.17. The maximum atomic E-state index is 12.5. The summed E-state index contributed by atoms with van der Waals surface area (Å²) >= 11 is 0. The number of aryl methyl sites for hydroxylation is 1. The second-order valence-corrected chi connectivity index (χ2v) is 5.06. The Labute approximate surface area is 133 Å². The van der Waals surface area contributed by atoms with Gasteiger partial charge in [-0.1, -0.05) is 0 Å². The summed E-state index contributed by atoms with van der Waals surface area (Å²) in [6.07, 6.45) is 8.75. The molecule has 0 aliphatic carbocycles. The molecule has 0 aromatic carbocycles. The van der Waals surface area contributed by atoms with Gasteiger partial charge in [-0.25, -0.2) is 9.97 Å². The van der Waals surface area contributed by atoms with Gasteiger partial charge in [-0.2, -0.15) is 0 Å². The molecule has 3 heterocycles. The molecule has 2 N–H and O–H groups in total. The summed E-state index contributed by atoms with van der Waals surface area (Å²) in [7, 11) is 1.85. The molecule has 2 aromatic rings. The summed E-state index contributed by atoms with van der Waals surface area (Å²) in [5, 5.41) is 6.54. The predicted octanol–water partition coefficient (Wildman–Crippen LogP) is 1.24. The summed E-state index contributed by atoms with van der Waals surface area (Å²) in [4.78, 5) is 25.2. The van der Waals surface area contributed by atoms with Gasteiger partial charge >= 0.3 is 0 Å². The van der Waals surface area contributed by atoms with Crippen molar-refractivity contribution in [3.63, 3.8) is 0 Å². The second-order valence-electron chi connectivity index (χ2n) is 5.06. The van der Waals surface area contributed by atoms with Crippen LogP contribution in [0, 0.1) is 6.92 Å². The van der Waals surface area contributed by atoms with Crippen LogP contribution in [0.1, 0.15) is 16.2 Å². The van der Waals surface area contributed by atoms with Crippen molar-refractivity contribution in [2.75, 3.05) is 18.9 Å². The molecule has 3 rings (SSSR count). The zero-order valence-corrected chi connectivity index (χ0v) is 12.9. The molecule has 2 aromatic heterocycles. The highest BCUT2D eigenvalue weighted by atomic mass is 16.2. The van der Waals surface area contributed by atoms with Gasteiger partial charge in [-0.15, -0.1) is 5.12 Å². The number of aromatic nitrogens is 3. The van der Waals surface area contributed by atoms with E-state index in [4.69, 9.17) is 0 Å². The molecule has 0 atom stereocenters. The number of hydrazine groups is 2. The molecule has 0 saturated carbocycles. The van der Waals surface area contributed by atoms with E-state index in [1.54, 1.807) is 41.7 Å². The summed E-state index contributed by atoms with van der Waals surface area (Å²) in [5.41, 5.74) is 4.43. The largest absolute Gasteiger partial charge is 0.337 e. The Hall–Kier alpha value is -3.00. The first-order valence-electron chi connectivity index (χ1n) is 7.12. The Balaban J connectivity index is 1.82. The minimum Gasteiger partial charge on any atom is -0.337 e. The van der Waals surface area contributed by atoms with Crippen LogP contribution >= 0.6 is 0 Å². The fraction of sp³-hybridized carbons (Fsp3) is 0.200. The van der Waals surface area contributed by atoms with E-state index in [-0.39, 0.29) is 11.6 Å². The first-order valence-corrected chi connectivity index (χ1v) is 7.12. The minimum absolute atomic E-state index is 0.231. The summed E-state index contributed by atoms with van der Waals surface area (Å²) in [6, 6.07) is 3.64. The lowest BCUT2D eigenvalue weighted by Crippen LogP contribution is -2.47. The molecule has 1 amide bonds. The third-order valence-electron chi connectivity index (χ3n) is 3.24. The van der Waals surface area contributed by atoms with Crippen molar-refractivity contribution in [1.29, 1.82) is 0 Å². The maximum absolute atomic E-state index is 12.5. The number of amides is 1. The van der Waals surface area contributed by atoms with Crippen LogP contribution in [-0.2, 0) is 0 Å². The average Bonchev–Trinajstić information content (AvgIpc) is 2.95. The van der Waals surface area contributed by atoms with E-state index in [2.05, 4.69) is 25.7 Å². The van der Waals surface area contributed by atoms with Crippen LogP contribution in [0.3, 0.4) is 0 Å². The molecule has 8 nitrogen and oxygen atoms in total. The Morgan fingerprint density at radius 1 is 1.35 bits per heavy atom. The number of nitrogens with one attached hydrogen (secondary N) is 2. The molecule has 0 saturated heterocycles. The first-order chi connectivity index (χ1) is 11.1. The van der Waals surface area contributed by atoms with Crippen LogP contribution in [-0.4, -0.2) is 44.6 Å². The number of carbonyl (C=O) groups is 1. The Morgan fingerprint density at radius 3 is 2.91 bits per heavy atom. The van der Waals surface area contributed by atoms with Crippen LogP contribution in [0.5, 0.6) is 0 Å². The normalized spacial score (nSPS) is 14.1. The lowest BCUT2D eigenvalue weighted by Gasteiger charge is -2.25. The van der Waals surface area contributed by atoms with E-state index in [1.165, 1.54) is 0 Å². The van der Waals surface area contributed by atoms with E-state index in [0.717, 1.165) is 5.69 Å². The third-order valence-corrected chi connectivity index (χ3v) is 3.24. The fourth-order valence-corrected chi connectivity index (χ4v) is 2.10. The summed E-state index contributed by atoms with van der Waals surface area (Å²) < 4.78 is 0. The number of nitrogens with zero attached hydrogens (tertiary/aromatic N) is 5. The SMILES string of the molecule is Cc1cnc(Nc2cccnc2)c(C(=O)NN2CC=CN2C)n1. The van der Waals surface area contributed by atoms with Gasteiger partial charge in [0.1, 0.15) is 0 Å². The van der Waals surface area contributed by atoms with Gasteiger partial charge < -0.3 is 5.32 Å². The molecule has 1 aliphatic rings. The number of carbonyl (C=O) groups excluding carboxylic acids is 1. The van der Waals surface area contributed by atoms with E-state index in [1.807, 2.05) is 25.4 Å². The van der Waals surface area contributed by atoms with Crippen molar-refractivity contribution in [2.24, 2.45) is 0 Å². The highest BCUT2D eigenvalue weighted by Gasteiger charge is 2.20. The van der Waals surface area contributed by atoms with Crippen LogP contribution in [0.15, 0.2) is 43.0 Å². The fourth-order valence-electron chi connectivity index (χ4n) is 2.10. The number of rotatable bonds is 4. The summed E-state index contributed by atoms with van der Waals surface area (Å²) in [6.45, 7) is 2.40. The number of anilines is 2. The van der Waals surface area contributed by atoms with Gasteiger partial charge in [-0.3, -0.25) is 20.2 Å². The van der Waals surface area contributed by atoms with Gasteiger partial charge in [0.25, 0.3) is 5.91 Å². The zero-order chi connectivity index (χ0) is 16.2. The van der Waals surface area contributed by atoms with Crippen LogP contribution in [0.4, 0.5) is 11.5 Å². The highest BCUT2D eigenvalue weighted by molar-refractivity contribution is 5.97. The lowest BCUT2D eigenvalue weighted by molar-refractivity contribution is 0.0186. The quantitative estimate of drug-likeness (QED) is 0.878. The number of pyridine rings is 1. The van der Waals surface area contributed by atoms with Gasteiger partial charge in [0.2, 0.25) is 0 Å². The van der Waals surface area contributed by atoms with Crippen molar-refractivity contribution in [2.45, 2.75) is 6.92 Å². The molecule has 118 valence electrons. The topological polar surface area (TPSA) is 86.3 Å². The van der Waals surface area contributed by atoms with E-state index in [0.29, 0.717) is 18.1 Å². The smallest absolute Gasteiger partial charge is 0.289 e. The monoisotopic (exact) mass is 311 g/mol. The molecular weight excluding hydrogens is 294 g/mol. The minimum atomic E-state index is -0.330. The molecule has 0 bridgehead atoms. The molecule has 1 aliphatic heterocycles. The second kappa shape index (κ2) is 6.41. The summed E-state index contributed by atoms with van der Waals surface area (Å²) in [5.74, 6) is 0.0547. The Bertz CT molecular complexity index is 732. The van der Waals surface area contributed by atoms with Gasteiger partial charge in [0.05, 0.1) is 30.3 Å². The predicted molar refractivity (Wildman–Crippen MR) is 85.4 cm³/mol.